The lowest BCUT2D eigenvalue weighted by Crippen LogP contribution is -2.17. The van der Waals surface area contributed by atoms with Crippen molar-refractivity contribution < 1.29 is 27.2 Å². The Kier molecular flexibility index (Phi) is 5.64. The predicted molar refractivity (Wildman–Crippen MR) is 105 cm³/mol. The maximum Gasteiger partial charge on any atom is 0.416 e. The van der Waals surface area contributed by atoms with Crippen molar-refractivity contribution in [2.75, 3.05) is 29.6 Å². The first-order chi connectivity index (χ1) is 13.6. The molecule has 0 radical (unpaired) electrons. The van der Waals surface area contributed by atoms with E-state index in [1.54, 1.807) is 25.1 Å². The van der Waals surface area contributed by atoms with E-state index in [0.717, 1.165) is 23.5 Å². The van der Waals surface area contributed by atoms with Gasteiger partial charge in [0, 0.05) is 14.1 Å². The fourth-order valence-electron chi connectivity index (χ4n) is 2.49. The van der Waals surface area contributed by atoms with E-state index in [2.05, 4.69) is 10.6 Å². The number of amides is 2. The summed E-state index contributed by atoms with van der Waals surface area (Å²) in [6, 6.07) is 9.20. The lowest BCUT2D eigenvalue weighted by Gasteiger charge is -2.19. The highest BCUT2D eigenvalue weighted by atomic mass is 32.1. The van der Waals surface area contributed by atoms with Crippen LogP contribution in [-0.2, 0) is 6.18 Å². The van der Waals surface area contributed by atoms with Crippen LogP contribution in [-0.4, -0.2) is 25.9 Å². The van der Waals surface area contributed by atoms with Crippen molar-refractivity contribution in [3.8, 4) is 0 Å². The third-order valence-corrected chi connectivity index (χ3v) is 4.86. The van der Waals surface area contributed by atoms with Crippen LogP contribution in [0.2, 0.25) is 0 Å². The first kappa shape index (κ1) is 20.5. The molecular weight excluding hydrogens is 407 g/mol. The van der Waals surface area contributed by atoms with Gasteiger partial charge in [-0.15, -0.1) is 11.3 Å². The molecule has 1 aromatic carbocycles. The van der Waals surface area contributed by atoms with Crippen molar-refractivity contribution in [1.82, 2.24) is 0 Å². The average Bonchev–Trinajstić information content (AvgIpc) is 3.32. The number of hydrogen-bond donors (Lipinski definition) is 2. The molecule has 2 N–H and O–H groups in total. The Labute approximate surface area is 167 Å². The number of furan rings is 1. The standard InChI is InChI=1S/C19H16F3N3O3S/c1-25(2)13-6-5-11(19(20,21)22)10-12(13)23-18(27)15-7-8-16(29-15)24-17(26)14-4-3-9-28-14/h3-10H,1-2H3,(H,23,27)(H,24,26). The number of alkyl halides is 3. The van der Waals surface area contributed by atoms with Crippen LogP contribution in [0.5, 0.6) is 0 Å². The molecule has 0 saturated carbocycles. The number of carbonyl (C=O) groups excluding carboxylic acids is 2. The van der Waals surface area contributed by atoms with Gasteiger partial charge in [0.25, 0.3) is 11.8 Å². The number of nitrogens with one attached hydrogen (secondary N) is 2. The minimum absolute atomic E-state index is 0.0318. The maximum atomic E-state index is 13.0. The van der Waals surface area contributed by atoms with Crippen LogP contribution >= 0.6 is 11.3 Å². The summed E-state index contributed by atoms with van der Waals surface area (Å²) in [6.07, 6.45) is -3.17. The van der Waals surface area contributed by atoms with Crippen LogP contribution in [0.1, 0.15) is 25.8 Å². The lowest BCUT2D eigenvalue weighted by molar-refractivity contribution is -0.137. The molecule has 3 rings (SSSR count). The normalized spacial score (nSPS) is 11.2. The van der Waals surface area contributed by atoms with Crippen molar-refractivity contribution >= 4 is 39.5 Å². The second-order valence-corrected chi connectivity index (χ2v) is 7.26. The monoisotopic (exact) mass is 423 g/mol. The predicted octanol–water partition coefficient (Wildman–Crippen LogP) is 4.93. The summed E-state index contributed by atoms with van der Waals surface area (Å²) < 4.78 is 44.1. The number of benzene rings is 1. The number of rotatable bonds is 5. The minimum atomic E-state index is -4.53. The molecular formula is C19H16F3N3O3S. The molecule has 152 valence electrons. The van der Waals surface area contributed by atoms with Crippen molar-refractivity contribution in [2.24, 2.45) is 0 Å². The molecule has 3 aromatic rings. The molecule has 0 aliphatic carbocycles. The highest BCUT2D eigenvalue weighted by Gasteiger charge is 2.31. The molecule has 2 aromatic heterocycles. The van der Waals surface area contributed by atoms with Crippen LogP contribution in [0.25, 0.3) is 0 Å². The Bertz CT molecular complexity index is 1030. The van der Waals surface area contributed by atoms with E-state index in [9.17, 15) is 22.8 Å². The highest BCUT2D eigenvalue weighted by Crippen LogP contribution is 2.35. The van der Waals surface area contributed by atoms with Gasteiger partial charge in [0.15, 0.2) is 5.76 Å². The molecule has 0 atom stereocenters. The van der Waals surface area contributed by atoms with Crippen LogP contribution < -0.4 is 15.5 Å². The molecule has 0 aliphatic heterocycles. The Balaban J connectivity index is 1.78. The third kappa shape index (κ3) is 4.77. The van der Waals surface area contributed by atoms with E-state index in [4.69, 9.17) is 4.42 Å². The summed E-state index contributed by atoms with van der Waals surface area (Å²) in [4.78, 5) is 26.4. The molecule has 0 unspecified atom stereocenters. The van der Waals surface area contributed by atoms with Gasteiger partial charge in [0.1, 0.15) is 0 Å². The van der Waals surface area contributed by atoms with Gasteiger partial charge < -0.3 is 20.0 Å². The largest absolute Gasteiger partial charge is 0.459 e. The summed E-state index contributed by atoms with van der Waals surface area (Å²) >= 11 is 0.988. The highest BCUT2D eigenvalue weighted by molar-refractivity contribution is 7.18. The van der Waals surface area contributed by atoms with Gasteiger partial charge in [0.2, 0.25) is 0 Å². The van der Waals surface area contributed by atoms with Gasteiger partial charge in [0.05, 0.1) is 33.1 Å². The molecule has 29 heavy (non-hydrogen) atoms. The van der Waals surface area contributed by atoms with Crippen molar-refractivity contribution in [2.45, 2.75) is 6.18 Å². The lowest BCUT2D eigenvalue weighted by atomic mass is 10.1. The van der Waals surface area contributed by atoms with Gasteiger partial charge in [-0.2, -0.15) is 13.2 Å². The molecule has 0 aliphatic rings. The minimum Gasteiger partial charge on any atom is -0.459 e. The Morgan fingerprint density at radius 3 is 2.41 bits per heavy atom. The van der Waals surface area contributed by atoms with Crippen LogP contribution in [0.15, 0.2) is 53.1 Å². The summed E-state index contributed by atoms with van der Waals surface area (Å²) in [7, 11) is 3.32. The average molecular weight is 423 g/mol. The number of carbonyl (C=O) groups is 2. The Morgan fingerprint density at radius 2 is 1.79 bits per heavy atom. The molecule has 0 saturated heterocycles. The van der Waals surface area contributed by atoms with Crippen LogP contribution in [0, 0.1) is 0 Å². The molecule has 0 bridgehead atoms. The topological polar surface area (TPSA) is 74.6 Å². The zero-order valence-corrected chi connectivity index (χ0v) is 16.1. The zero-order valence-electron chi connectivity index (χ0n) is 15.3. The van der Waals surface area contributed by atoms with Crippen LogP contribution in [0.3, 0.4) is 0 Å². The molecule has 0 fully saturated rings. The third-order valence-electron chi connectivity index (χ3n) is 3.87. The van der Waals surface area contributed by atoms with Gasteiger partial charge in [-0.05, 0) is 42.5 Å². The van der Waals surface area contributed by atoms with Crippen LogP contribution in [0.4, 0.5) is 29.5 Å². The summed E-state index contributed by atoms with van der Waals surface area (Å²) in [5.41, 5.74) is -0.408. The molecule has 2 amide bonds. The first-order valence-electron chi connectivity index (χ1n) is 8.30. The van der Waals surface area contributed by atoms with E-state index in [-0.39, 0.29) is 16.3 Å². The first-order valence-corrected chi connectivity index (χ1v) is 9.11. The Hall–Kier alpha value is -3.27. The van der Waals surface area contributed by atoms with Crippen molar-refractivity contribution in [3.63, 3.8) is 0 Å². The second-order valence-electron chi connectivity index (χ2n) is 6.17. The van der Waals surface area contributed by atoms with E-state index < -0.39 is 23.6 Å². The zero-order chi connectivity index (χ0) is 21.2. The summed E-state index contributed by atoms with van der Waals surface area (Å²) in [5, 5.41) is 5.50. The van der Waals surface area contributed by atoms with Gasteiger partial charge in [-0.1, -0.05) is 0 Å². The summed E-state index contributed by atoms with van der Waals surface area (Å²) in [5.74, 6) is -0.948. The van der Waals surface area contributed by atoms with Gasteiger partial charge >= 0.3 is 6.18 Å². The number of thiophene rings is 1. The smallest absolute Gasteiger partial charge is 0.416 e. The van der Waals surface area contributed by atoms with E-state index >= 15 is 0 Å². The van der Waals surface area contributed by atoms with Gasteiger partial charge in [-0.3, -0.25) is 9.59 Å². The number of anilines is 3. The Morgan fingerprint density at radius 1 is 1.03 bits per heavy atom. The SMILES string of the molecule is CN(C)c1ccc(C(F)(F)F)cc1NC(=O)c1ccc(NC(=O)c2ccco2)s1. The van der Waals surface area contributed by atoms with Crippen molar-refractivity contribution in [3.05, 3.63) is 64.9 Å². The number of nitrogens with zero attached hydrogens (tertiary/aromatic N) is 1. The molecule has 2 heterocycles. The molecule has 10 heteroatoms. The molecule has 6 nitrogen and oxygen atoms in total. The van der Waals surface area contributed by atoms with E-state index in [0.29, 0.717) is 10.7 Å². The fraction of sp³-hybridized carbons (Fsp3) is 0.158. The quantitative estimate of drug-likeness (QED) is 0.610. The van der Waals surface area contributed by atoms with Gasteiger partial charge in [-0.25, -0.2) is 0 Å². The fourth-order valence-corrected chi connectivity index (χ4v) is 3.29. The number of hydrogen-bond acceptors (Lipinski definition) is 5. The number of halogens is 3. The van der Waals surface area contributed by atoms with E-state index in [1.807, 2.05) is 0 Å². The van der Waals surface area contributed by atoms with E-state index in [1.165, 1.54) is 30.5 Å². The molecule has 0 spiro atoms. The maximum absolute atomic E-state index is 13.0. The summed E-state index contributed by atoms with van der Waals surface area (Å²) in [6.45, 7) is 0. The second kappa shape index (κ2) is 8.00. The van der Waals surface area contributed by atoms with Crippen molar-refractivity contribution in [1.29, 1.82) is 0 Å².